The molecule has 1 fully saturated rings. The molecule has 0 atom stereocenters. The Labute approximate surface area is 103 Å². The molecule has 17 heavy (non-hydrogen) atoms. The summed E-state index contributed by atoms with van der Waals surface area (Å²) >= 11 is 0. The summed E-state index contributed by atoms with van der Waals surface area (Å²) in [5, 5.41) is 0. The van der Waals surface area contributed by atoms with Crippen LogP contribution in [-0.4, -0.2) is 12.1 Å². The van der Waals surface area contributed by atoms with Gasteiger partial charge in [0.25, 0.3) is 0 Å². The van der Waals surface area contributed by atoms with E-state index < -0.39 is 0 Å². The van der Waals surface area contributed by atoms with Crippen molar-refractivity contribution in [3.8, 4) is 17.7 Å². The van der Waals surface area contributed by atoms with Crippen molar-refractivity contribution in [2.75, 3.05) is 7.11 Å². The molecule has 0 bridgehead atoms. The third kappa shape index (κ3) is 3.23. The third-order valence-corrected chi connectivity index (χ3v) is 2.67. The van der Waals surface area contributed by atoms with E-state index in [-0.39, 0.29) is 5.41 Å². The molecule has 90 valence electrons. The first-order chi connectivity index (χ1) is 7.99. The van der Waals surface area contributed by atoms with E-state index in [1.54, 1.807) is 7.11 Å². The Morgan fingerprint density at radius 3 is 2.53 bits per heavy atom. The van der Waals surface area contributed by atoms with E-state index in [1.165, 1.54) is 18.4 Å². The highest BCUT2D eigenvalue weighted by atomic mass is 16.5. The van der Waals surface area contributed by atoms with Crippen molar-refractivity contribution >= 4 is 0 Å². The summed E-state index contributed by atoms with van der Waals surface area (Å²) in [4.78, 5) is 4.46. The second kappa shape index (κ2) is 4.41. The number of methoxy groups -OCH3 is 1. The molecule has 0 amide bonds. The monoisotopic (exact) mass is 229 g/mol. The molecule has 2 rings (SSSR count). The van der Waals surface area contributed by atoms with E-state index in [0.29, 0.717) is 5.92 Å². The molecule has 1 heterocycles. The number of rotatable bonds is 2. The highest BCUT2D eigenvalue weighted by Crippen LogP contribution is 2.43. The van der Waals surface area contributed by atoms with Crippen LogP contribution in [0.15, 0.2) is 12.1 Å². The number of hydrogen-bond acceptors (Lipinski definition) is 2. The molecule has 0 saturated heterocycles. The topological polar surface area (TPSA) is 22.1 Å². The lowest BCUT2D eigenvalue weighted by atomic mass is 9.98. The molecule has 0 N–H and O–H groups in total. The zero-order valence-electron chi connectivity index (χ0n) is 11.0. The number of pyridine rings is 1. The van der Waals surface area contributed by atoms with Gasteiger partial charge in [0, 0.05) is 11.0 Å². The van der Waals surface area contributed by atoms with Gasteiger partial charge in [-0.1, -0.05) is 12.0 Å². The number of aromatic nitrogens is 1. The Bertz CT molecular complexity index is 470. The predicted octanol–water partition coefficient (Wildman–Crippen LogP) is 3.37. The van der Waals surface area contributed by atoms with Crippen molar-refractivity contribution in [2.24, 2.45) is 5.41 Å². The second-order valence-corrected chi connectivity index (χ2v) is 5.57. The Kier molecular flexibility index (Phi) is 3.11. The third-order valence-electron chi connectivity index (χ3n) is 2.67. The van der Waals surface area contributed by atoms with Gasteiger partial charge >= 0.3 is 0 Å². The summed E-state index contributed by atoms with van der Waals surface area (Å²) in [6.45, 7) is 6.28. The van der Waals surface area contributed by atoms with Gasteiger partial charge in [-0.3, -0.25) is 0 Å². The van der Waals surface area contributed by atoms with Gasteiger partial charge in [0.1, 0.15) is 5.69 Å². The van der Waals surface area contributed by atoms with Gasteiger partial charge in [0.2, 0.25) is 5.88 Å². The van der Waals surface area contributed by atoms with Crippen molar-refractivity contribution in [1.82, 2.24) is 4.98 Å². The lowest BCUT2D eigenvalue weighted by molar-refractivity contribution is 0.392. The highest BCUT2D eigenvalue weighted by Gasteiger charge is 2.27. The first-order valence-electron chi connectivity index (χ1n) is 6.08. The molecule has 0 spiro atoms. The van der Waals surface area contributed by atoms with Crippen LogP contribution >= 0.6 is 0 Å². The van der Waals surface area contributed by atoms with Gasteiger partial charge < -0.3 is 4.74 Å². The molecule has 1 aliphatic rings. The molecule has 2 heteroatoms. The van der Waals surface area contributed by atoms with Gasteiger partial charge in [-0.05, 0) is 51.5 Å². The molecule has 1 aromatic rings. The normalized spacial score (nSPS) is 15.1. The molecule has 0 aromatic carbocycles. The summed E-state index contributed by atoms with van der Waals surface area (Å²) in [6.07, 6.45) is 2.51. The van der Waals surface area contributed by atoms with Crippen LogP contribution < -0.4 is 4.74 Å². The van der Waals surface area contributed by atoms with Crippen LogP contribution in [0.3, 0.4) is 0 Å². The van der Waals surface area contributed by atoms with Crippen LogP contribution in [-0.2, 0) is 0 Å². The molecule has 1 aromatic heterocycles. The minimum atomic E-state index is 0.00405. The minimum absolute atomic E-state index is 0.00405. The zero-order valence-corrected chi connectivity index (χ0v) is 11.0. The van der Waals surface area contributed by atoms with Crippen LogP contribution in [0.25, 0.3) is 0 Å². The standard InChI is InChI=1S/C15H19NO/c1-15(2,3)10-9-12-7-8-13(11-5-6-11)14(16-12)17-4/h7-8,11H,5-6H2,1-4H3. The Balaban J connectivity index is 2.27. The summed E-state index contributed by atoms with van der Waals surface area (Å²) in [5.41, 5.74) is 2.03. The highest BCUT2D eigenvalue weighted by molar-refractivity contribution is 5.39. The van der Waals surface area contributed by atoms with E-state index in [0.717, 1.165) is 11.6 Å². The molecular formula is C15H19NO. The number of hydrogen-bond donors (Lipinski definition) is 0. The summed E-state index contributed by atoms with van der Waals surface area (Å²) in [6, 6.07) is 4.10. The molecule has 1 aliphatic carbocycles. The first kappa shape index (κ1) is 12.0. The van der Waals surface area contributed by atoms with E-state index in [4.69, 9.17) is 4.74 Å². The summed E-state index contributed by atoms with van der Waals surface area (Å²) in [7, 11) is 1.68. The van der Waals surface area contributed by atoms with Gasteiger partial charge in [-0.15, -0.1) is 0 Å². The largest absolute Gasteiger partial charge is 0.481 e. The van der Waals surface area contributed by atoms with E-state index in [2.05, 4.69) is 43.7 Å². The zero-order chi connectivity index (χ0) is 12.5. The molecule has 2 nitrogen and oxygen atoms in total. The maximum Gasteiger partial charge on any atom is 0.217 e. The Hall–Kier alpha value is -1.49. The fraction of sp³-hybridized carbons (Fsp3) is 0.533. The average molecular weight is 229 g/mol. The number of ether oxygens (including phenoxy) is 1. The van der Waals surface area contributed by atoms with Crippen LogP contribution in [0, 0.1) is 17.3 Å². The molecule has 0 aliphatic heterocycles. The predicted molar refractivity (Wildman–Crippen MR) is 69.1 cm³/mol. The van der Waals surface area contributed by atoms with Crippen molar-refractivity contribution in [2.45, 2.75) is 39.5 Å². The van der Waals surface area contributed by atoms with E-state index in [9.17, 15) is 0 Å². The fourth-order valence-electron chi connectivity index (χ4n) is 1.64. The maximum atomic E-state index is 5.34. The van der Waals surface area contributed by atoms with Crippen molar-refractivity contribution < 1.29 is 4.74 Å². The number of nitrogens with zero attached hydrogens (tertiary/aromatic N) is 1. The van der Waals surface area contributed by atoms with Gasteiger partial charge in [-0.25, -0.2) is 4.98 Å². The van der Waals surface area contributed by atoms with Crippen LogP contribution in [0.2, 0.25) is 0 Å². The minimum Gasteiger partial charge on any atom is -0.481 e. The summed E-state index contributed by atoms with van der Waals surface area (Å²) < 4.78 is 5.34. The van der Waals surface area contributed by atoms with Crippen LogP contribution in [0.5, 0.6) is 5.88 Å². The molecule has 0 radical (unpaired) electrons. The molecule has 0 unspecified atom stereocenters. The fourth-order valence-corrected chi connectivity index (χ4v) is 1.64. The van der Waals surface area contributed by atoms with Crippen LogP contribution in [0.1, 0.15) is 50.8 Å². The van der Waals surface area contributed by atoms with Crippen molar-refractivity contribution in [3.63, 3.8) is 0 Å². The maximum absolute atomic E-state index is 5.34. The summed E-state index contributed by atoms with van der Waals surface area (Å²) in [5.74, 6) is 7.69. The first-order valence-corrected chi connectivity index (χ1v) is 6.08. The SMILES string of the molecule is COc1nc(C#CC(C)(C)C)ccc1C1CC1. The molecular weight excluding hydrogens is 210 g/mol. The quantitative estimate of drug-likeness (QED) is 0.725. The smallest absolute Gasteiger partial charge is 0.217 e. The lowest BCUT2D eigenvalue weighted by Gasteiger charge is -2.08. The van der Waals surface area contributed by atoms with Gasteiger partial charge in [0.05, 0.1) is 7.11 Å². The Morgan fingerprint density at radius 1 is 1.29 bits per heavy atom. The average Bonchev–Trinajstić information content (AvgIpc) is 3.09. The lowest BCUT2D eigenvalue weighted by Crippen LogP contribution is -2.00. The van der Waals surface area contributed by atoms with Crippen LogP contribution in [0.4, 0.5) is 0 Å². The van der Waals surface area contributed by atoms with Crippen molar-refractivity contribution in [1.29, 1.82) is 0 Å². The van der Waals surface area contributed by atoms with Gasteiger partial charge in [0.15, 0.2) is 0 Å². The van der Waals surface area contributed by atoms with Gasteiger partial charge in [-0.2, -0.15) is 0 Å². The van der Waals surface area contributed by atoms with E-state index in [1.807, 2.05) is 6.07 Å². The Morgan fingerprint density at radius 2 is 2.00 bits per heavy atom. The van der Waals surface area contributed by atoms with Crippen molar-refractivity contribution in [3.05, 3.63) is 23.4 Å². The van der Waals surface area contributed by atoms with E-state index >= 15 is 0 Å². The second-order valence-electron chi connectivity index (χ2n) is 5.57. The molecule has 1 saturated carbocycles.